The smallest absolute Gasteiger partial charge is 0.314 e. The summed E-state index contributed by atoms with van der Waals surface area (Å²) in [6, 6.07) is -0.0754. The highest BCUT2D eigenvalue weighted by Crippen LogP contribution is 2.17. The van der Waals surface area contributed by atoms with E-state index in [1.807, 2.05) is 0 Å². The van der Waals surface area contributed by atoms with Gasteiger partial charge in [0.05, 0.1) is 0 Å². The van der Waals surface area contributed by atoms with Crippen molar-refractivity contribution < 1.29 is 4.79 Å². The first-order chi connectivity index (χ1) is 7.02. The average molecular weight is 215 g/mol. The minimum atomic E-state index is -0.0754. The van der Waals surface area contributed by atoms with Crippen LogP contribution in [0.1, 0.15) is 40.0 Å². The standard InChI is InChI=1S/C11H25N3O/c1-4-5-8-13-10(15)14-9-11(2,3)6-7-12/h4-9,12H2,1-3H3,(H2,13,14,15). The molecule has 4 nitrogen and oxygen atoms in total. The predicted molar refractivity (Wildman–Crippen MR) is 63.8 cm³/mol. The fraction of sp³-hybridized carbons (Fsp3) is 0.909. The van der Waals surface area contributed by atoms with Gasteiger partial charge in [0.1, 0.15) is 0 Å². The molecule has 0 saturated heterocycles. The molecule has 0 saturated carbocycles. The molecule has 15 heavy (non-hydrogen) atoms. The molecule has 0 bridgehead atoms. The Balaban J connectivity index is 3.60. The number of hydrogen-bond acceptors (Lipinski definition) is 2. The zero-order valence-electron chi connectivity index (χ0n) is 10.2. The summed E-state index contributed by atoms with van der Waals surface area (Å²) in [5.74, 6) is 0. The van der Waals surface area contributed by atoms with Crippen molar-refractivity contribution in [2.75, 3.05) is 19.6 Å². The highest BCUT2D eigenvalue weighted by Gasteiger charge is 2.17. The Kier molecular flexibility index (Phi) is 7.13. The van der Waals surface area contributed by atoms with Gasteiger partial charge < -0.3 is 16.4 Å². The lowest BCUT2D eigenvalue weighted by molar-refractivity contribution is 0.232. The first-order valence-corrected chi connectivity index (χ1v) is 5.73. The van der Waals surface area contributed by atoms with Crippen LogP contribution in [0.3, 0.4) is 0 Å². The Morgan fingerprint density at radius 3 is 2.53 bits per heavy atom. The molecule has 0 aromatic heterocycles. The van der Waals surface area contributed by atoms with Crippen molar-refractivity contribution >= 4 is 6.03 Å². The second-order valence-electron chi connectivity index (χ2n) is 4.67. The zero-order chi connectivity index (χ0) is 11.7. The molecule has 0 aliphatic rings. The van der Waals surface area contributed by atoms with Gasteiger partial charge in [-0.3, -0.25) is 0 Å². The summed E-state index contributed by atoms with van der Waals surface area (Å²) >= 11 is 0. The lowest BCUT2D eigenvalue weighted by Crippen LogP contribution is -2.41. The van der Waals surface area contributed by atoms with Crippen molar-refractivity contribution in [3.63, 3.8) is 0 Å². The van der Waals surface area contributed by atoms with Gasteiger partial charge >= 0.3 is 6.03 Å². The van der Waals surface area contributed by atoms with Crippen LogP contribution in [0.25, 0.3) is 0 Å². The molecule has 0 aliphatic heterocycles. The molecule has 0 aromatic carbocycles. The van der Waals surface area contributed by atoms with Crippen LogP contribution in [0.5, 0.6) is 0 Å². The van der Waals surface area contributed by atoms with Gasteiger partial charge in [0.2, 0.25) is 0 Å². The van der Waals surface area contributed by atoms with E-state index >= 15 is 0 Å². The van der Waals surface area contributed by atoms with Crippen LogP contribution in [0, 0.1) is 5.41 Å². The summed E-state index contributed by atoms with van der Waals surface area (Å²) in [7, 11) is 0. The van der Waals surface area contributed by atoms with Gasteiger partial charge in [0.25, 0.3) is 0 Å². The second-order valence-corrected chi connectivity index (χ2v) is 4.67. The van der Waals surface area contributed by atoms with Gasteiger partial charge in [-0.1, -0.05) is 27.2 Å². The van der Waals surface area contributed by atoms with E-state index in [-0.39, 0.29) is 11.4 Å². The largest absolute Gasteiger partial charge is 0.338 e. The Morgan fingerprint density at radius 1 is 1.33 bits per heavy atom. The van der Waals surface area contributed by atoms with Gasteiger partial charge in [-0.25, -0.2) is 4.79 Å². The zero-order valence-corrected chi connectivity index (χ0v) is 10.2. The maximum Gasteiger partial charge on any atom is 0.314 e. The number of urea groups is 1. The number of nitrogens with two attached hydrogens (primary N) is 1. The summed E-state index contributed by atoms with van der Waals surface area (Å²) in [5, 5.41) is 5.68. The molecule has 0 radical (unpaired) electrons. The first-order valence-electron chi connectivity index (χ1n) is 5.73. The molecule has 4 N–H and O–H groups in total. The van der Waals surface area contributed by atoms with E-state index in [1.165, 1.54) is 0 Å². The fourth-order valence-electron chi connectivity index (χ4n) is 1.24. The van der Waals surface area contributed by atoms with E-state index in [4.69, 9.17) is 5.73 Å². The number of rotatable bonds is 7. The average Bonchev–Trinajstić information content (AvgIpc) is 2.15. The van der Waals surface area contributed by atoms with Gasteiger partial charge in [-0.2, -0.15) is 0 Å². The molecule has 0 aromatic rings. The van der Waals surface area contributed by atoms with Crippen LogP contribution in [0.2, 0.25) is 0 Å². The third kappa shape index (κ3) is 8.24. The molecular formula is C11H25N3O. The topological polar surface area (TPSA) is 67.2 Å². The van der Waals surface area contributed by atoms with Crippen molar-refractivity contribution in [3.05, 3.63) is 0 Å². The Labute approximate surface area is 93.0 Å². The van der Waals surface area contributed by atoms with E-state index in [0.29, 0.717) is 13.1 Å². The maximum atomic E-state index is 11.3. The van der Waals surface area contributed by atoms with Crippen molar-refractivity contribution in [1.29, 1.82) is 0 Å². The molecule has 4 heteroatoms. The monoisotopic (exact) mass is 215 g/mol. The van der Waals surface area contributed by atoms with Crippen molar-refractivity contribution in [2.45, 2.75) is 40.0 Å². The third-order valence-corrected chi connectivity index (χ3v) is 2.36. The second kappa shape index (κ2) is 7.51. The Hall–Kier alpha value is -0.770. The molecule has 0 fully saturated rings. The van der Waals surface area contributed by atoms with Crippen LogP contribution >= 0.6 is 0 Å². The molecule has 90 valence electrons. The maximum absolute atomic E-state index is 11.3. The SMILES string of the molecule is CCCCNC(=O)NCC(C)(C)CCN. The van der Waals surface area contributed by atoms with Crippen LogP contribution < -0.4 is 16.4 Å². The normalized spacial score (nSPS) is 11.2. The number of amides is 2. The summed E-state index contributed by atoms with van der Waals surface area (Å²) in [6.07, 6.45) is 3.04. The Morgan fingerprint density at radius 2 is 2.00 bits per heavy atom. The predicted octanol–water partition coefficient (Wildman–Crippen LogP) is 1.46. The third-order valence-electron chi connectivity index (χ3n) is 2.36. The Bertz CT molecular complexity index is 181. The lowest BCUT2D eigenvalue weighted by Gasteiger charge is -2.24. The molecule has 0 spiro atoms. The van der Waals surface area contributed by atoms with E-state index in [9.17, 15) is 4.79 Å². The summed E-state index contributed by atoms with van der Waals surface area (Å²) in [4.78, 5) is 11.3. The summed E-state index contributed by atoms with van der Waals surface area (Å²) < 4.78 is 0. The minimum Gasteiger partial charge on any atom is -0.338 e. The van der Waals surface area contributed by atoms with Gasteiger partial charge in [-0.05, 0) is 24.8 Å². The highest BCUT2D eigenvalue weighted by molar-refractivity contribution is 5.73. The van der Waals surface area contributed by atoms with E-state index in [1.54, 1.807) is 0 Å². The highest BCUT2D eigenvalue weighted by atomic mass is 16.2. The van der Waals surface area contributed by atoms with E-state index in [2.05, 4.69) is 31.4 Å². The van der Waals surface area contributed by atoms with E-state index in [0.717, 1.165) is 25.8 Å². The quantitative estimate of drug-likeness (QED) is 0.563. The summed E-state index contributed by atoms with van der Waals surface area (Å²) in [5.41, 5.74) is 5.57. The lowest BCUT2D eigenvalue weighted by atomic mass is 9.89. The fourth-order valence-corrected chi connectivity index (χ4v) is 1.24. The van der Waals surface area contributed by atoms with E-state index < -0.39 is 0 Å². The number of nitrogens with one attached hydrogen (secondary N) is 2. The molecule has 0 aliphatic carbocycles. The molecule has 0 unspecified atom stereocenters. The van der Waals surface area contributed by atoms with Gasteiger partial charge in [-0.15, -0.1) is 0 Å². The molecule has 0 heterocycles. The van der Waals surface area contributed by atoms with Crippen LogP contribution in [0.4, 0.5) is 4.79 Å². The van der Waals surface area contributed by atoms with Crippen LogP contribution in [-0.2, 0) is 0 Å². The van der Waals surface area contributed by atoms with Gasteiger partial charge in [0, 0.05) is 13.1 Å². The number of hydrogen-bond donors (Lipinski definition) is 3. The number of carbonyl (C=O) groups excluding carboxylic acids is 1. The van der Waals surface area contributed by atoms with Crippen molar-refractivity contribution in [1.82, 2.24) is 10.6 Å². The van der Waals surface area contributed by atoms with Crippen molar-refractivity contribution in [2.24, 2.45) is 11.1 Å². The first kappa shape index (κ1) is 14.2. The molecule has 0 rings (SSSR count). The van der Waals surface area contributed by atoms with Crippen LogP contribution in [0.15, 0.2) is 0 Å². The molecule has 0 atom stereocenters. The number of carbonyl (C=O) groups is 1. The molecule has 2 amide bonds. The number of unbranched alkanes of at least 4 members (excludes halogenated alkanes) is 1. The van der Waals surface area contributed by atoms with Crippen LogP contribution in [-0.4, -0.2) is 25.7 Å². The molecular weight excluding hydrogens is 190 g/mol. The minimum absolute atomic E-state index is 0.0754. The summed E-state index contributed by atoms with van der Waals surface area (Å²) in [6.45, 7) is 8.39. The van der Waals surface area contributed by atoms with Gasteiger partial charge in [0.15, 0.2) is 0 Å². The van der Waals surface area contributed by atoms with Crippen molar-refractivity contribution in [3.8, 4) is 0 Å².